The van der Waals surface area contributed by atoms with E-state index in [2.05, 4.69) is 30.1 Å². The monoisotopic (exact) mass is 369 g/mol. The van der Waals surface area contributed by atoms with Gasteiger partial charge in [0.2, 0.25) is 5.95 Å². The summed E-state index contributed by atoms with van der Waals surface area (Å²) in [6, 6.07) is 9.74. The summed E-state index contributed by atoms with van der Waals surface area (Å²) in [6.07, 6.45) is 7.21. The van der Waals surface area contributed by atoms with E-state index >= 15 is 0 Å². The number of hydrogen-bond donors (Lipinski definition) is 2. The van der Waals surface area contributed by atoms with Crippen LogP contribution in [-0.4, -0.2) is 39.5 Å². The van der Waals surface area contributed by atoms with E-state index in [-0.39, 0.29) is 5.95 Å². The molecular weight excluding hydrogens is 354 g/mol. The number of aryl methyl sites for hydroxylation is 1. The maximum atomic E-state index is 5.88. The quantitative estimate of drug-likeness (QED) is 0.501. The molecule has 0 amide bonds. The van der Waals surface area contributed by atoms with E-state index in [4.69, 9.17) is 10.7 Å². The lowest BCUT2D eigenvalue weighted by Crippen LogP contribution is -2.04. The van der Waals surface area contributed by atoms with Crippen molar-refractivity contribution >= 4 is 11.6 Å². The molecule has 0 aromatic carbocycles. The van der Waals surface area contributed by atoms with Crippen molar-refractivity contribution in [1.82, 2.24) is 39.5 Å². The van der Waals surface area contributed by atoms with E-state index in [9.17, 15) is 0 Å². The third kappa shape index (κ3) is 2.65. The van der Waals surface area contributed by atoms with Gasteiger partial charge in [-0.15, -0.1) is 0 Å². The number of aromatic amines is 1. The second kappa shape index (κ2) is 6.23. The Kier molecular flexibility index (Phi) is 3.58. The second-order valence-electron chi connectivity index (χ2n) is 6.23. The van der Waals surface area contributed by atoms with E-state index in [1.165, 1.54) is 0 Å². The Morgan fingerprint density at radius 2 is 1.75 bits per heavy atom. The SMILES string of the molecule is Cc1nc(N)nc(-c2c(-c3ccn[nH]3)nc3ccc(-c4ccncc4)cn23)n1. The zero-order chi connectivity index (χ0) is 19.1. The first-order chi connectivity index (χ1) is 13.7. The van der Waals surface area contributed by atoms with Gasteiger partial charge in [-0.3, -0.25) is 14.5 Å². The molecule has 28 heavy (non-hydrogen) atoms. The lowest BCUT2D eigenvalue weighted by atomic mass is 10.1. The number of anilines is 1. The topological polar surface area (TPSA) is 124 Å². The molecule has 136 valence electrons. The molecule has 0 aliphatic carbocycles. The Morgan fingerprint density at radius 3 is 2.50 bits per heavy atom. The van der Waals surface area contributed by atoms with Gasteiger partial charge in [-0.25, -0.2) is 9.97 Å². The van der Waals surface area contributed by atoms with Crippen LogP contribution in [0.3, 0.4) is 0 Å². The van der Waals surface area contributed by atoms with Gasteiger partial charge in [0.25, 0.3) is 0 Å². The van der Waals surface area contributed by atoms with Crippen molar-refractivity contribution in [3.8, 4) is 34.0 Å². The number of hydrogen-bond acceptors (Lipinski definition) is 7. The van der Waals surface area contributed by atoms with Crippen molar-refractivity contribution in [1.29, 1.82) is 0 Å². The molecule has 0 spiro atoms. The molecule has 0 saturated heterocycles. The largest absolute Gasteiger partial charge is 0.368 e. The fourth-order valence-corrected chi connectivity index (χ4v) is 3.16. The number of rotatable bonds is 3. The Bertz CT molecular complexity index is 1250. The van der Waals surface area contributed by atoms with Crippen LogP contribution in [0.2, 0.25) is 0 Å². The fourth-order valence-electron chi connectivity index (χ4n) is 3.16. The molecule has 0 aliphatic heterocycles. The fraction of sp³-hybridized carbons (Fsp3) is 0.0526. The number of H-pyrrole nitrogens is 1. The molecule has 9 nitrogen and oxygen atoms in total. The van der Waals surface area contributed by atoms with Gasteiger partial charge in [-0.2, -0.15) is 15.1 Å². The Morgan fingerprint density at radius 1 is 0.893 bits per heavy atom. The van der Waals surface area contributed by atoms with Gasteiger partial charge in [-0.1, -0.05) is 0 Å². The summed E-state index contributed by atoms with van der Waals surface area (Å²) in [4.78, 5) is 21.8. The van der Waals surface area contributed by atoms with Crippen molar-refractivity contribution in [2.45, 2.75) is 6.92 Å². The Hall–Kier alpha value is -4.14. The maximum Gasteiger partial charge on any atom is 0.223 e. The van der Waals surface area contributed by atoms with E-state index in [1.54, 1.807) is 25.5 Å². The van der Waals surface area contributed by atoms with Gasteiger partial charge in [0.15, 0.2) is 5.82 Å². The molecule has 0 unspecified atom stereocenters. The average molecular weight is 369 g/mol. The molecule has 5 aromatic rings. The normalized spacial score (nSPS) is 11.2. The zero-order valence-corrected chi connectivity index (χ0v) is 14.9. The highest BCUT2D eigenvalue weighted by atomic mass is 15.1. The van der Waals surface area contributed by atoms with Crippen molar-refractivity contribution in [2.75, 3.05) is 5.73 Å². The molecule has 0 saturated carbocycles. The molecule has 0 aliphatic rings. The number of fused-ring (bicyclic) bond motifs is 1. The summed E-state index contributed by atoms with van der Waals surface area (Å²) in [5.74, 6) is 1.16. The minimum absolute atomic E-state index is 0.165. The lowest BCUT2D eigenvalue weighted by Gasteiger charge is -2.07. The Balaban J connectivity index is 1.82. The second-order valence-corrected chi connectivity index (χ2v) is 6.23. The number of aromatic nitrogens is 8. The van der Waals surface area contributed by atoms with Gasteiger partial charge < -0.3 is 5.73 Å². The molecule has 0 atom stereocenters. The van der Waals surface area contributed by atoms with Crippen molar-refractivity contribution in [3.63, 3.8) is 0 Å². The summed E-state index contributed by atoms with van der Waals surface area (Å²) in [5.41, 5.74) is 10.9. The minimum atomic E-state index is 0.165. The van der Waals surface area contributed by atoms with Gasteiger partial charge in [0, 0.05) is 24.8 Å². The van der Waals surface area contributed by atoms with Gasteiger partial charge in [0.05, 0.1) is 5.69 Å². The molecular formula is C19H15N9. The number of nitrogen functional groups attached to an aromatic ring is 1. The molecule has 9 heteroatoms. The molecule has 0 bridgehead atoms. The summed E-state index contributed by atoms with van der Waals surface area (Å²) < 4.78 is 1.96. The zero-order valence-electron chi connectivity index (χ0n) is 14.9. The third-order valence-corrected chi connectivity index (χ3v) is 4.36. The van der Waals surface area contributed by atoms with Crippen LogP contribution in [0.5, 0.6) is 0 Å². The molecule has 0 radical (unpaired) electrons. The van der Waals surface area contributed by atoms with Crippen molar-refractivity contribution in [3.05, 3.63) is 60.9 Å². The van der Waals surface area contributed by atoms with Crippen LogP contribution < -0.4 is 5.73 Å². The molecule has 3 N–H and O–H groups in total. The van der Waals surface area contributed by atoms with Crippen molar-refractivity contribution < 1.29 is 0 Å². The van der Waals surface area contributed by atoms with Crippen LogP contribution in [0.15, 0.2) is 55.1 Å². The van der Waals surface area contributed by atoms with Gasteiger partial charge in [0.1, 0.15) is 22.9 Å². The van der Waals surface area contributed by atoms with Crippen LogP contribution in [0, 0.1) is 6.92 Å². The average Bonchev–Trinajstić information content (AvgIpc) is 3.35. The Labute approximate surface area is 159 Å². The number of imidazole rings is 1. The number of nitrogens with two attached hydrogens (primary N) is 1. The minimum Gasteiger partial charge on any atom is -0.368 e. The number of pyridine rings is 2. The highest BCUT2D eigenvalue weighted by Gasteiger charge is 2.20. The summed E-state index contributed by atoms with van der Waals surface area (Å²) >= 11 is 0. The van der Waals surface area contributed by atoms with E-state index in [0.717, 1.165) is 22.5 Å². The first-order valence-corrected chi connectivity index (χ1v) is 8.60. The summed E-state index contributed by atoms with van der Waals surface area (Å²) in [7, 11) is 0. The van der Waals surface area contributed by atoms with Gasteiger partial charge >= 0.3 is 0 Å². The third-order valence-electron chi connectivity index (χ3n) is 4.36. The smallest absolute Gasteiger partial charge is 0.223 e. The lowest BCUT2D eigenvalue weighted by molar-refractivity contribution is 0.982. The van der Waals surface area contributed by atoms with Crippen LogP contribution >= 0.6 is 0 Å². The van der Waals surface area contributed by atoms with E-state index in [1.807, 2.05) is 40.9 Å². The maximum absolute atomic E-state index is 5.88. The number of nitrogens with one attached hydrogen (secondary N) is 1. The van der Waals surface area contributed by atoms with Crippen LogP contribution in [0.25, 0.3) is 39.7 Å². The van der Waals surface area contributed by atoms with Crippen molar-refractivity contribution in [2.24, 2.45) is 0 Å². The molecule has 0 fully saturated rings. The predicted molar refractivity (Wildman–Crippen MR) is 104 cm³/mol. The highest BCUT2D eigenvalue weighted by Crippen LogP contribution is 2.31. The standard InChI is InChI=1S/C19H15N9/c1-11-23-18(26-19(20)24-11)17-16(14-6-9-22-27-14)25-15-3-2-13(10-28(15)17)12-4-7-21-8-5-12/h2-10H,1H3,(H,22,27)(H2,20,23,24,26). The summed E-state index contributed by atoms with van der Waals surface area (Å²) in [5, 5.41) is 7.01. The van der Waals surface area contributed by atoms with E-state index in [0.29, 0.717) is 23.0 Å². The first kappa shape index (κ1) is 16.1. The van der Waals surface area contributed by atoms with E-state index < -0.39 is 0 Å². The van der Waals surface area contributed by atoms with Crippen LogP contribution in [0.1, 0.15) is 5.82 Å². The molecule has 5 heterocycles. The molecule has 5 aromatic heterocycles. The first-order valence-electron chi connectivity index (χ1n) is 8.60. The number of nitrogens with zero attached hydrogens (tertiary/aromatic N) is 7. The van der Waals surface area contributed by atoms with Gasteiger partial charge in [-0.05, 0) is 48.4 Å². The van der Waals surface area contributed by atoms with Crippen LogP contribution in [0.4, 0.5) is 5.95 Å². The molecule has 5 rings (SSSR count). The summed E-state index contributed by atoms with van der Waals surface area (Å²) in [6.45, 7) is 1.78. The van der Waals surface area contributed by atoms with Crippen LogP contribution in [-0.2, 0) is 0 Å². The highest BCUT2D eigenvalue weighted by molar-refractivity contribution is 5.78. The predicted octanol–water partition coefficient (Wildman–Crippen LogP) is 2.53.